The first-order valence-electron chi connectivity index (χ1n) is 9.88. The summed E-state index contributed by atoms with van der Waals surface area (Å²) in [6.07, 6.45) is 2.98. The van der Waals surface area contributed by atoms with Gasteiger partial charge >= 0.3 is 0 Å². The number of nitrogens with one attached hydrogen (secondary N) is 1. The molecule has 1 fully saturated rings. The summed E-state index contributed by atoms with van der Waals surface area (Å²) in [7, 11) is 0. The zero-order chi connectivity index (χ0) is 19.8. The van der Waals surface area contributed by atoms with Gasteiger partial charge in [-0.15, -0.1) is 0 Å². The molecule has 0 unspecified atom stereocenters. The molecule has 0 saturated carbocycles. The summed E-state index contributed by atoms with van der Waals surface area (Å²) >= 11 is 6.02. The summed E-state index contributed by atoms with van der Waals surface area (Å²) in [4.78, 5) is 12.4. The van der Waals surface area contributed by atoms with Crippen molar-refractivity contribution in [3.8, 4) is 5.75 Å². The SMILES string of the molecule is Cc1cc(OCCCC(=O)NCC2(c3ccccc3)CCOCC2)ccc1Cl. The normalized spacial score (nSPS) is 15.8. The quantitative estimate of drug-likeness (QED) is 0.654. The summed E-state index contributed by atoms with van der Waals surface area (Å²) in [5, 5.41) is 3.87. The van der Waals surface area contributed by atoms with E-state index in [9.17, 15) is 4.79 Å². The Morgan fingerprint density at radius 3 is 2.64 bits per heavy atom. The van der Waals surface area contributed by atoms with Crippen LogP contribution in [0.15, 0.2) is 48.5 Å². The smallest absolute Gasteiger partial charge is 0.220 e. The van der Waals surface area contributed by atoms with Gasteiger partial charge in [0.25, 0.3) is 0 Å². The number of hydrogen-bond donors (Lipinski definition) is 1. The number of carbonyl (C=O) groups excluding carboxylic acids is 1. The lowest BCUT2D eigenvalue weighted by Crippen LogP contribution is -2.44. The molecule has 2 aromatic carbocycles. The van der Waals surface area contributed by atoms with Crippen LogP contribution in [0, 0.1) is 6.92 Å². The second-order valence-electron chi connectivity index (χ2n) is 7.40. The zero-order valence-electron chi connectivity index (χ0n) is 16.4. The second-order valence-corrected chi connectivity index (χ2v) is 7.81. The molecular formula is C23H28ClNO3. The van der Waals surface area contributed by atoms with E-state index < -0.39 is 0 Å². The van der Waals surface area contributed by atoms with E-state index in [0.717, 1.165) is 42.4 Å². The molecule has 28 heavy (non-hydrogen) atoms. The summed E-state index contributed by atoms with van der Waals surface area (Å²) in [6, 6.07) is 16.0. The highest BCUT2D eigenvalue weighted by Gasteiger charge is 2.34. The van der Waals surface area contributed by atoms with Crippen LogP contribution in [0.3, 0.4) is 0 Å². The van der Waals surface area contributed by atoms with Gasteiger partial charge in [-0.25, -0.2) is 0 Å². The molecule has 0 bridgehead atoms. The standard InChI is InChI=1S/C23H28ClNO3/c1-18-16-20(9-10-21(18)24)28-13-5-8-22(26)25-17-23(11-14-27-15-12-23)19-6-3-2-4-7-19/h2-4,6-7,9-10,16H,5,8,11-15,17H2,1H3,(H,25,26). The lowest BCUT2D eigenvalue weighted by Gasteiger charge is -2.38. The van der Waals surface area contributed by atoms with Crippen LogP contribution in [-0.4, -0.2) is 32.3 Å². The van der Waals surface area contributed by atoms with Crippen molar-refractivity contribution in [1.82, 2.24) is 5.32 Å². The molecule has 5 heteroatoms. The molecule has 0 aromatic heterocycles. The number of hydrogen-bond acceptors (Lipinski definition) is 3. The maximum atomic E-state index is 12.4. The predicted octanol–water partition coefficient (Wildman–Crippen LogP) is 4.67. The molecule has 0 spiro atoms. The van der Waals surface area contributed by atoms with Crippen LogP contribution in [0.1, 0.15) is 36.8 Å². The number of aryl methyl sites for hydroxylation is 1. The molecule has 1 amide bonds. The molecule has 0 aliphatic carbocycles. The van der Waals surface area contributed by atoms with Crippen molar-refractivity contribution in [2.75, 3.05) is 26.4 Å². The minimum atomic E-state index is -0.0352. The fourth-order valence-corrected chi connectivity index (χ4v) is 3.72. The van der Waals surface area contributed by atoms with Crippen LogP contribution in [0.5, 0.6) is 5.75 Å². The molecular weight excluding hydrogens is 374 g/mol. The Hall–Kier alpha value is -2.04. The Morgan fingerprint density at radius 2 is 1.93 bits per heavy atom. The van der Waals surface area contributed by atoms with Gasteiger partial charge in [-0.3, -0.25) is 4.79 Å². The van der Waals surface area contributed by atoms with Crippen LogP contribution < -0.4 is 10.1 Å². The highest BCUT2D eigenvalue weighted by atomic mass is 35.5. The Morgan fingerprint density at radius 1 is 1.18 bits per heavy atom. The van der Waals surface area contributed by atoms with E-state index in [4.69, 9.17) is 21.1 Å². The molecule has 1 N–H and O–H groups in total. The van der Waals surface area contributed by atoms with Gasteiger partial charge in [0, 0.05) is 36.6 Å². The third-order valence-electron chi connectivity index (χ3n) is 5.41. The Kier molecular flexibility index (Phi) is 7.35. The summed E-state index contributed by atoms with van der Waals surface area (Å²) in [5.41, 5.74) is 2.23. The first-order chi connectivity index (χ1) is 13.6. The van der Waals surface area contributed by atoms with E-state index in [0.29, 0.717) is 26.0 Å². The summed E-state index contributed by atoms with van der Waals surface area (Å²) in [6.45, 7) is 4.57. The van der Waals surface area contributed by atoms with Gasteiger partial charge in [-0.2, -0.15) is 0 Å². The number of carbonyl (C=O) groups is 1. The van der Waals surface area contributed by atoms with E-state index in [-0.39, 0.29) is 11.3 Å². The molecule has 1 heterocycles. The van der Waals surface area contributed by atoms with Crippen molar-refractivity contribution >= 4 is 17.5 Å². The maximum Gasteiger partial charge on any atom is 0.220 e. The van der Waals surface area contributed by atoms with Crippen LogP contribution in [-0.2, 0) is 14.9 Å². The highest BCUT2D eigenvalue weighted by molar-refractivity contribution is 6.31. The van der Waals surface area contributed by atoms with Gasteiger partial charge < -0.3 is 14.8 Å². The Bertz CT molecular complexity index is 773. The summed E-state index contributed by atoms with van der Waals surface area (Å²) in [5.74, 6) is 0.852. The fourth-order valence-electron chi connectivity index (χ4n) is 3.61. The topological polar surface area (TPSA) is 47.6 Å². The van der Waals surface area contributed by atoms with Crippen molar-refractivity contribution in [3.63, 3.8) is 0 Å². The minimum absolute atomic E-state index is 0.0352. The molecule has 2 aromatic rings. The largest absolute Gasteiger partial charge is 0.494 e. The van der Waals surface area contributed by atoms with Crippen LogP contribution in [0.25, 0.3) is 0 Å². The molecule has 4 nitrogen and oxygen atoms in total. The number of ether oxygens (including phenoxy) is 2. The van der Waals surface area contributed by atoms with Crippen LogP contribution >= 0.6 is 11.6 Å². The van der Waals surface area contributed by atoms with Crippen LogP contribution in [0.2, 0.25) is 5.02 Å². The Balaban J connectivity index is 1.45. The lowest BCUT2D eigenvalue weighted by molar-refractivity contribution is -0.121. The predicted molar refractivity (Wildman–Crippen MR) is 112 cm³/mol. The number of benzene rings is 2. The second kappa shape index (κ2) is 9.94. The number of amides is 1. The van der Waals surface area contributed by atoms with E-state index >= 15 is 0 Å². The first-order valence-corrected chi connectivity index (χ1v) is 10.3. The van der Waals surface area contributed by atoms with E-state index in [1.807, 2.05) is 31.2 Å². The Labute approximate surface area is 172 Å². The lowest BCUT2D eigenvalue weighted by atomic mass is 9.74. The number of halogens is 1. The number of rotatable bonds is 8. The monoisotopic (exact) mass is 401 g/mol. The van der Waals surface area contributed by atoms with Crippen molar-refractivity contribution in [3.05, 3.63) is 64.7 Å². The van der Waals surface area contributed by atoms with Crippen molar-refractivity contribution in [2.45, 2.75) is 38.0 Å². The molecule has 1 aliphatic heterocycles. The first kappa shape index (κ1) is 20.7. The minimum Gasteiger partial charge on any atom is -0.494 e. The van der Waals surface area contributed by atoms with Gasteiger partial charge in [0.1, 0.15) is 5.75 Å². The van der Waals surface area contributed by atoms with Gasteiger partial charge in [-0.1, -0.05) is 41.9 Å². The molecule has 3 rings (SSSR count). The van der Waals surface area contributed by atoms with E-state index in [1.54, 1.807) is 0 Å². The molecule has 0 radical (unpaired) electrons. The fraction of sp³-hybridized carbons (Fsp3) is 0.435. The van der Waals surface area contributed by atoms with Crippen molar-refractivity contribution < 1.29 is 14.3 Å². The molecule has 0 atom stereocenters. The van der Waals surface area contributed by atoms with Gasteiger partial charge in [0.2, 0.25) is 5.91 Å². The van der Waals surface area contributed by atoms with Gasteiger partial charge in [-0.05, 0) is 55.5 Å². The van der Waals surface area contributed by atoms with Gasteiger partial charge in [0.05, 0.1) is 6.61 Å². The third-order valence-corrected chi connectivity index (χ3v) is 5.83. The van der Waals surface area contributed by atoms with Crippen molar-refractivity contribution in [1.29, 1.82) is 0 Å². The zero-order valence-corrected chi connectivity index (χ0v) is 17.1. The average molecular weight is 402 g/mol. The van der Waals surface area contributed by atoms with Crippen LogP contribution in [0.4, 0.5) is 0 Å². The molecule has 1 saturated heterocycles. The van der Waals surface area contributed by atoms with Crippen molar-refractivity contribution in [2.24, 2.45) is 0 Å². The molecule has 1 aliphatic rings. The third kappa shape index (κ3) is 5.49. The summed E-state index contributed by atoms with van der Waals surface area (Å²) < 4.78 is 11.3. The van der Waals surface area contributed by atoms with E-state index in [1.165, 1.54) is 5.56 Å². The average Bonchev–Trinajstić information content (AvgIpc) is 2.73. The highest BCUT2D eigenvalue weighted by Crippen LogP contribution is 2.34. The van der Waals surface area contributed by atoms with E-state index in [2.05, 4.69) is 29.6 Å². The molecule has 150 valence electrons. The maximum absolute atomic E-state index is 12.4. The van der Waals surface area contributed by atoms with Gasteiger partial charge in [0.15, 0.2) is 0 Å².